The van der Waals surface area contributed by atoms with E-state index in [1.807, 2.05) is 0 Å². The normalized spacial score (nSPS) is 14.7. The molecule has 0 saturated heterocycles. The maximum atomic E-state index is 13.5. The number of nitrogens with one attached hydrogen (secondary N) is 3. The number of thioether (sulfide) groups is 1. The Balaban J connectivity index is 1.54. The minimum absolute atomic E-state index is 0.0443. The highest BCUT2D eigenvalue weighted by atomic mass is 32.2. The fraction of sp³-hybridized carbons (Fsp3) is 0.172. The van der Waals surface area contributed by atoms with Gasteiger partial charge in [0.15, 0.2) is 0 Å². The van der Waals surface area contributed by atoms with Crippen molar-refractivity contribution in [3.05, 3.63) is 106 Å². The zero-order valence-corrected chi connectivity index (χ0v) is 22.4. The number of dihydropyridines is 1. The molecule has 1 atom stereocenters. The Labute approximate surface area is 234 Å². The van der Waals surface area contributed by atoms with Gasteiger partial charge in [0.2, 0.25) is 5.91 Å². The van der Waals surface area contributed by atoms with Crippen LogP contribution in [0.5, 0.6) is 0 Å². The molecule has 11 heteroatoms. The van der Waals surface area contributed by atoms with Gasteiger partial charge in [-0.25, -0.2) is 9.18 Å². The first-order chi connectivity index (χ1) is 19.3. The summed E-state index contributed by atoms with van der Waals surface area (Å²) in [5.41, 5.74) is 2.18. The summed E-state index contributed by atoms with van der Waals surface area (Å²) < 4.78 is 23.8. The van der Waals surface area contributed by atoms with E-state index in [1.165, 1.54) is 30.5 Å². The van der Waals surface area contributed by atoms with Gasteiger partial charge in [-0.1, -0.05) is 11.8 Å². The molecule has 0 aliphatic carbocycles. The standard InChI is InChI=1S/C29H25FN4O5S/c1-3-38-29(37)18-6-10-21(11-7-18)34-27(36)25-17(2)32-28(22(15-31)26(25)23-5-4-14-39-23)40-16-24(35)33-20-12-8-19(30)9-13-20/h4-14,26,32H,3,16H2,1-2H3,(H,33,35)(H,34,36)/t26-/m0/s1. The first-order valence-electron chi connectivity index (χ1n) is 12.2. The largest absolute Gasteiger partial charge is 0.468 e. The Morgan fingerprint density at radius 2 is 1.75 bits per heavy atom. The molecule has 2 heterocycles. The van der Waals surface area contributed by atoms with E-state index in [0.29, 0.717) is 33.4 Å². The molecule has 0 fully saturated rings. The number of nitriles is 1. The Kier molecular flexibility index (Phi) is 9.04. The van der Waals surface area contributed by atoms with E-state index < -0.39 is 23.6 Å². The molecule has 0 radical (unpaired) electrons. The number of ether oxygens (including phenoxy) is 1. The molecule has 3 N–H and O–H groups in total. The van der Waals surface area contributed by atoms with Crippen molar-refractivity contribution in [1.29, 1.82) is 5.26 Å². The van der Waals surface area contributed by atoms with Gasteiger partial charge in [0.1, 0.15) is 11.6 Å². The van der Waals surface area contributed by atoms with E-state index >= 15 is 0 Å². The molecule has 1 aromatic heterocycles. The number of hydrogen-bond acceptors (Lipinski definition) is 8. The molecule has 3 aromatic rings. The number of nitrogens with zero attached hydrogens (tertiary/aromatic N) is 1. The summed E-state index contributed by atoms with van der Waals surface area (Å²) in [4.78, 5) is 37.9. The summed E-state index contributed by atoms with van der Waals surface area (Å²) >= 11 is 1.10. The van der Waals surface area contributed by atoms with Crippen LogP contribution in [0.2, 0.25) is 0 Å². The average molecular weight is 561 g/mol. The highest BCUT2D eigenvalue weighted by molar-refractivity contribution is 8.03. The van der Waals surface area contributed by atoms with E-state index in [0.717, 1.165) is 11.8 Å². The number of amides is 2. The zero-order valence-electron chi connectivity index (χ0n) is 21.6. The van der Waals surface area contributed by atoms with Gasteiger partial charge in [-0.15, -0.1) is 0 Å². The maximum Gasteiger partial charge on any atom is 0.338 e. The molecule has 204 valence electrons. The Morgan fingerprint density at radius 3 is 2.38 bits per heavy atom. The third-order valence-electron chi connectivity index (χ3n) is 5.85. The fourth-order valence-corrected chi connectivity index (χ4v) is 4.93. The Hall–Kier alpha value is -4.82. The van der Waals surface area contributed by atoms with Crippen molar-refractivity contribution in [2.24, 2.45) is 0 Å². The number of rotatable bonds is 9. The molecule has 9 nitrogen and oxygen atoms in total. The summed E-state index contributed by atoms with van der Waals surface area (Å²) in [6.07, 6.45) is 1.45. The van der Waals surface area contributed by atoms with Crippen molar-refractivity contribution in [2.45, 2.75) is 19.8 Å². The van der Waals surface area contributed by atoms with Crippen molar-refractivity contribution in [2.75, 3.05) is 23.0 Å². The highest BCUT2D eigenvalue weighted by Crippen LogP contribution is 2.41. The Morgan fingerprint density at radius 1 is 1.07 bits per heavy atom. The van der Waals surface area contributed by atoms with Gasteiger partial charge in [-0.05, 0) is 74.5 Å². The monoisotopic (exact) mass is 560 g/mol. The van der Waals surface area contributed by atoms with Crippen LogP contribution < -0.4 is 16.0 Å². The molecule has 0 unspecified atom stereocenters. The molecule has 2 aromatic carbocycles. The lowest BCUT2D eigenvalue weighted by Gasteiger charge is -2.28. The van der Waals surface area contributed by atoms with Gasteiger partial charge >= 0.3 is 5.97 Å². The van der Waals surface area contributed by atoms with Crippen molar-refractivity contribution >= 4 is 40.9 Å². The van der Waals surface area contributed by atoms with Gasteiger partial charge in [-0.3, -0.25) is 9.59 Å². The molecule has 0 spiro atoms. The maximum absolute atomic E-state index is 13.5. The predicted molar refractivity (Wildman–Crippen MR) is 148 cm³/mol. The third kappa shape index (κ3) is 6.59. The van der Waals surface area contributed by atoms with Crippen LogP contribution in [0.25, 0.3) is 0 Å². The van der Waals surface area contributed by atoms with Crippen LogP contribution in [0, 0.1) is 17.1 Å². The molecule has 0 bridgehead atoms. The fourth-order valence-electron chi connectivity index (χ4n) is 4.04. The number of esters is 1. The molecular weight excluding hydrogens is 535 g/mol. The number of anilines is 2. The van der Waals surface area contributed by atoms with Crippen molar-refractivity contribution in [1.82, 2.24) is 5.32 Å². The molecule has 1 aliphatic heterocycles. The van der Waals surface area contributed by atoms with E-state index in [4.69, 9.17) is 9.15 Å². The van der Waals surface area contributed by atoms with Gasteiger partial charge in [0.05, 0.1) is 52.3 Å². The number of carbonyl (C=O) groups excluding carboxylic acids is 3. The number of benzene rings is 2. The Bertz CT molecular complexity index is 1510. The molecule has 40 heavy (non-hydrogen) atoms. The summed E-state index contributed by atoms with van der Waals surface area (Å²) in [7, 11) is 0. The van der Waals surface area contributed by atoms with Gasteiger partial charge in [0.25, 0.3) is 5.91 Å². The van der Waals surface area contributed by atoms with Crippen molar-refractivity contribution in [3.8, 4) is 6.07 Å². The number of halogens is 1. The second-order valence-corrected chi connectivity index (χ2v) is 9.55. The minimum Gasteiger partial charge on any atom is -0.468 e. The third-order valence-corrected chi connectivity index (χ3v) is 6.87. The smallest absolute Gasteiger partial charge is 0.338 e. The predicted octanol–water partition coefficient (Wildman–Crippen LogP) is 5.30. The minimum atomic E-state index is -0.831. The van der Waals surface area contributed by atoms with Gasteiger partial charge < -0.3 is 25.1 Å². The lowest BCUT2D eigenvalue weighted by Crippen LogP contribution is -2.31. The topological polar surface area (TPSA) is 133 Å². The molecule has 1 aliphatic rings. The lowest BCUT2D eigenvalue weighted by molar-refractivity contribution is -0.114. The average Bonchev–Trinajstić information content (AvgIpc) is 3.48. The molecular formula is C29H25FN4O5S. The summed E-state index contributed by atoms with van der Waals surface area (Å²) in [6.45, 7) is 3.66. The number of furan rings is 1. The van der Waals surface area contributed by atoms with E-state index in [2.05, 4.69) is 22.0 Å². The molecule has 0 saturated carbocycles. The quantitative estimate of drug-likeness (QED) is 0.300. The van der Waals surface area contributed by atoms with E-state index in [-0.39, 0.29) is 29.4 Å². The number of hydrogen-bond donors (Lipinski definition) is 3. The number of allylic oxidation sites excluding steroid dienone is 2. The van der Waals surface area contributed by atoms with Crippen LogP contribution in [-0.2, 0) is 14.3 Å². The van der Waals surface area contributed by atoms with Crippen LogP contribution in [0.4, 0.5) is 15.8 Å². The summed E-state index contributed by atoms with van der Waals surface area (Å²) in [5.74, 6) is -2.19. The summed E-state index contributed by atoms with van der Waals surface area (Å²) in [5, 5.41) is 19.1. The van der Waals surface area contributed by atoms with Crippen LogP contribution in [0.1, 0.15) is 35.9 Å². The van der Waals surface area contributed by atoms with Crippen LogP contribution in [0.15, 0.2) is 93.2 Å². The first-order valence-corrected chi connectivity index (χ1v) is 13.2. The molecule has 4 rings (SSSR count). The van der Waals surface area contributed by atoms with E-state index in [1.54, 1.807) is 50.2 Å². The lowest BCUT2D eigenvalue weighted by atomic mass is 9.85. The second-order valence-electron chi connectivity index (χ2n) is 8.56. The summed E-state index contributed by atoms with van der Waals surface area (Å²) in [6, 6.07) is 17.1. The van der Waals surface area contributed by atoms with E-state index in [9.17, 15) is 24.0 Å². The number of carbonyl (C=O) groups is 3. The van der Waals surface area contributed by atoms with Crippen molar-refractivity contribution < 1.29 is 27.9 Å². The SMILES string of the molecule is CCOC(=O)c1ccc(NC(=O)C2=C(C)NC(SCC(=O)Nc3ccc(F)cc3)=C(C#N)[C@H]2c2ccco2)cc1. The van der Waals surface area contributed by atoms with Crippen molar-refractivity contribution in [3.63, 3.8) is 0 Å². The zero-order chi connectivity index (χ0) is 28.6. The van der Waals surface area contributed by atoms with Crippen LogP contribution >= 0.6 is 11.8 Å². The highest BCUT2D eigenvalue weighted by Gasteiger charge is 2.36. The van der Waals surface area contributed by atoms with Crippen LogP contribution in [-0.4, -0.2) is 30.1 Å². The van der Waals surface area contributed by atoms with Crippen LogP contribution in [0.3, 0.4) is 0 Å². The second kappa shape index (κ2) is 12.8. The van der Waals surface area contributed by atoms with Gasteiger partial charge in [-0.2, -0.15) is 5.26 Å². The molecule has 2 amide bonds. The first kappa shape index (κ1) is 28.2. The van der Waals surface area contributed by atoms with Gasteiger partial charge in [0, 0.05) is 17.1 Å².